The first-order valence-electron chi connectivity index (χ1n) is 4.08. The van der Waals surface area contributed by atoms with Gasteiger partial charge in [0.2, 0.25) is 0 Å². The third kappa shape index (κ3) is 1.51. The molecule has 0 bridgehead atoms. The number of rotatable bonds is 2. The van der Waals surface area contributed by atoms with Crippen LogP contribution in [-0.4, -0.2) is 23.4 Å². The maximum absolute atomic E-state index is 11.3. The van der Waals surface area contributed by atoms with Gasteiger partial charge in [-0.2, -0.15) is 0 Å². The first-order valence-corrected chi connectivity index (χ1v) is 5.06. The van der Waals surface area contributed by atoms with Gasteiger partial charge in [0.25, 0.3) is 0 Å². The van der Waals surface area contributed by atoms with Crippen LogP contribution in [0, 0.1) is 0 Å². The number of nitrogens with one attached hydrogen (secondary N) is 2. The largest absolute Gasteiger partial charge is 0.461 e. The molecule has 0 radical (unpaired) electrons. The molecule has 0 spiro atoms. The van der Waals surface area contributed by atoms with Crippen molar-refractivity contribution in [2.75, 3.05) is 17.8 Å². The molecule has 2 rings (SSSR count). The number of hydrogen-bond donors (Lipinski definition) is 2. The Morgan fingerprint density at radius 1 is 1.77 bits per heavy atom. The highest BCUT2D eigenvalue weighted by molar-refractivity contribution is 7.99. The molecule has 1 aromatic heterocycles. The summed E-state index contributed by atoms with van der Waals surface area (Å²) in [7, 11) is 0. The van der Waals surface area contributed by atoms with Crippen molar-refractivity contribution in [3.63, 3.8) is 0 Å². The lowest BCUT2D eigenvalue weighted by molar-refractivity contribution is 0.0520. The van der Waals surface area contributed by atoms with Crippen molar-refractivity contribution in [3.05, 3.63) is 11.8 Å². The Balaban J connectivity index is 2.18. The second-order valence-electron chi connectivity index (χ2n) is 2.61. The third-order valence-corrected chi connectivity index (χ3v) is 2.68. The molecule has 0 aromatic carbocycles. The van der Waals surface area contributed by atoms with Gasteiger partial charge in [-0.1, -0.05) is 0 Å². The summed E-state index contributed by atoms with van der Waals surface area (Å²) in [6.45, 7) is 2.20. The van der Waals surface area contributed by atoms with Crippen molar-refractivity contribution in [1.82, 2.24) is 4.98 Å². The average Bonchev–Trinajstić information content (AvgIpc) is 2.61. The predicted octanol–water partition coefficient (Wildman–Crippen LogP) is 1.67. The Hall–Kier alpha value is -1.10. The molecular weight excluding hydrogens is 188 g/mol. The van der Waals surface area contributed by atoms with Crippen molar-refractivity contribution in [1.29, 1.82) is 0 Å². The van der Waals surface area contributed by atoms with E-state index in [-0.39, 0.29) is 5.97 Å². The Bertz CT molecular complexity index is 313. The Kier molecular flexibility index (Phi) is 2.18. The van der Waals surface area contributed by atoms with Crippen LogP contribution in [0.15, 0.2) is 11.0 Å². The molecule has 0 saturated heterocycles. The molecule has 0 amide bonds. The minimum Gasteiger partial charge on any atom is -0.461 e. The van der Waals surface area contributed by atoms with Crippen LogP contribution in [0.1, 0.15) is 17.4 Å². The SMILES string of the molecule is CCOC(=O)c1cc2c([nH]1)NCS2. The van der Waals surface area contributed by atoms with Gasteiger partial charge in [-0.05, 0) is 13.0 Å². The Labute approximate surface area is 80.0 Å². The van der Waals surface area contributed by atoms with E-state index in [1.165, 1.54) is 0 Å². The summed E-state index contributed by atoms with van der Waals surface area (Å²) in [5.41, 5.74) is 0.520. The lowest BCUT2D eigenvalue weighted by Gasteiger charge is -1.98. The molecule has 0 fully saturated rings. The topological polar surface area (TPSA) is 54.1 Å². The van der Waals surface area contributed by atoms with E-state index in [2.05, 4.69) is 10.3 Å². The number of ether oxygens (including phenoxy) is 1. The standard InChI is InChI=1S/C8H10N2O2S/c1-2-12-8(11)5-3-6-7(10-5)9-4-13-6/h3,9-10H,2,4H2,1H3. The molecule has 4 nitrogen and oxygen atoms in total. The highest BCUT2D eigenvalue weighted by Gasteiger charge is 2.18. The molecule has 0 atom stereocenters. The highest BCUT2D eigenvalue weighted by atomic mass is 32.2. The molecule has 1 aromatic rings. The zero-order valence-electron chi connectivity index (χ0n) is 7.22. The van der Waals surface area contributed by atoms with Crippen LogP contribution in [0.4, 0.5) is 5.82 Å². The van der Waals surface area contributed by atoms with Crippen molar-refractivity contribution >= 4 is 23.5 Å². The van der Waals surface area contributed by atoms with Crippen molar-refractivity contribution < 1.29 is 9.53 Å². The van der Waals surface area contributed by atoms with Crippen LogP contribution in [0.25, 0.3) is 0 Å². The first-order chi connectivity index (χ1) is 6.31. The van der Waals surface area contributed by atoms with Crippen molar-refractivity contribution in [2.24, 2.45) is 0 Å². The molecule has 13 heavy (non-hydrogen) atoms. The van der Waals surface area contributed by atoms with Crippen LogP contribution in [-0.2, 0) is 4.74 Å². The van der Waals surface area contributed by atoms with Gasteiger partial charge in [0.15, 0.2) is 0 Å². The van der Waals surface area contributed by atoms with Gasteiger partial charge in [-0.25, -0.2) is 4.79 Å². The number of esters is 1. The number of anilines is 1. The molecule has 1 aliphatic heterocycles. The Morgan fingerprint density at radius 3 is 3.31 bits per heavy atom. The average molecular weight is 198 g/mol. The molecule has 2 heterocycles. The number of fused-ring (bicyclic) bond motifs is 1. The number of aromatic nitrogens is 1. The van der Waals surface area contributed by atoms with Crippen molar-refractivity contribution in [3.8, 4) is 0 Å². The summed E-state index contributed by atoms with van der Waals surface area (Å²) in [5.74, 6) is 1.50. The second-order valence-corrected chi connectivity index (χ2v) is 3.63. The normalized spacial score (nSPS) is 13.6. The van der Waals surface area contributed by atoms with Gasteiger partial charge in [0.05, 0.1) is 17.4 Å². The molecule has 0 unspecified atom stereocenters. The molecule has 2 N–H and O–H groups in total. The number of carbonyl (C=O) groups excluding carboxylic acids is 1. The van der Waals surface area contributed by atoms with E-state index in [0.29, 0.717) is 12.3 Å². The number of hydrogen-bond acceptors (Lipinski definition) is 4. The van der Waals surface area contributed by atoms with Crippen LogP contribution >= 0.6 is 11.8 Å². The summed E-state index contributed by atoms with van der Waals surface area (Å²) < 4.78 is 4.86. The van der Waals surface area contributed by atoms with E-state index in [0.717, 1.165) is 16.6 Å². The second kappa shape index (κ2) is 3.33. The zero-order chi connectivity index (χ0) is 9.26. The summed E-state index contributed by atoms with van der Waals surface area (Å²) in [6, 6.07) is 1.82. The van der Waals surface area contributed by atoms with Gasteiger partial charge >= 0.3 is 5.97 Å². The Morgan fingerprint density at radius 2 is 2.62 bits per heavy atom. The van der Waals surface area contributed by atoms with E-state index in [9.17, 15) is 4.79 Å². The van der Waals surface area contributed by atoms with Crippen LogP contribution in [0.2, 0.25) is 0 Å². The van der Waals surface area contributed by atoms with Crippen LogP contribution in [0.3, 0.4) is 0 Å². The molecule has 0 aliphatic carbocycles. The minimum atomic E-state index is -0.292. The fraction of sp³-hybridized carbons (Fsp3) is 0.375. The van der Waals surface area contributed by atoms with E-state index >= 15 is 0 Å². The molecular formula is C8H10N2O2S. The fourth-order valence-corrected chi connectivity index (χ4v) is 2.03. The van der Waals surface area contributed by atoms with Crippen molar-refractivity contribution in [2.45, 2.75) is 11.8 Å². The molecule has 70 valence electrons. The first kappa shape index (κ1) is 8.50. The number of H-pyrrole nitrogens is 1. The monoisotopic (exact) mass is 198 g/mol. The zero-order valence-corrected chi connectivity index (χ0v) is 8.03. The lowest BCUT2D eigenvalue weighted by Crippen LogP contribution is -2.05. The van der Waals surface area contributed by atoms with Gasteiger partial charge < -0.3 is 15.0 Å². The maximum atomic E-state index is 11.3. The number of thioether (sulfide) groups is 1. The summed E-state index contributed by atoms with van der Waals surface area (Å²) in [4.78, 5) is 15.3. The van der Waals surface area contributed by atoms with E-state index in [1.807, 2.05) is 6.07 Å². The van der Waals surface area contributed by atoms with Gasteiger partial charge in [-0.15, -0.1) is 11.8 Å². The highest BCUT2D eigenvalue weighted by Crippen LogP contribution is 2.33. The van der Waals surface area contributed by atoms with Crippen LogP contribution < -0.4 is 5.32 Å². The molecule has 1 aliphatic rings. The van der Waals surface area contributed by atoms with Gasteiger partial charge in [0.1, 0.15) is 11.5 Å². The van der Waals surface area contributed by atoms with Crippen LogP contribution in [0.5, 0.6) is 0 Å². The maximum Gasteiger partial charge on any atom is 0.354 e. The van der Waals surface area contributed by atoms with Gasteiger partial charge in [0, 0.05) is 0 Å². The smallest absolute Gasteiger partial charge is 0.354 e. The molecule has 5 heteroatoms. The minimum absolute atomic E-state index is 0.292. The van der Waals surface area contributed by atoms with E-state index in [4.69, 9.17) is 4.74 Å². The number of aromatic amines is 1. The summed E-state index contributed by atoms with van der Waals surface area (Å²) in [5, 5.41) is 3.12. The quantitative estimate of drug-likeness (QED) is 0.710. The number of carbonyl (C=O) groups is 1. The fourth-order valence-electron chi connectivity index (χ4n) is 1.19. The van der Waals surface area contributed by atoms with E-state index < -0.39 is 0 Å². The summed E-state index contributed by atoms with van der Waals surface area (Å²) in [6.07, 6.45) is 0. The molecule has 0 saturated carbocycles. The summed E-state index contributed by atoms with van der Waals surface area (Å²) >= 11 is 1.67. The predicted molar refractivity (Wildman–Crippen MR) is 51.1 cm³/mol. The van der Waals surface area contributed by atoms with Gasteiger partial charge in [-0.3, -0.25) is 0 Å². The third-order valence-electron chi connectivity index (χ3n) is 1.75. The lowest BCUT2D eigenvalue weighted by atomic mass is 10.4. The van der Waals surface area contributed by atoms with E-state index in [1.54, 1.807) is 18.7 Å².